The van der Waals surface area contributed by atoms with Crippen molar-refractivity contribution in [2.75, 3.05) is 32.8 Å². The van der Waals surface area contributed by atoms with Crippen molar-refractivity contribution >= 4 is 38.4 Å². The monoisotopic (exact) mass is 579 g/mol. The van der Waals surface area contributed by atoms with Gasteiger partial charge < -0.3 is 14.6 Å². The maximum absolute atomic E-state index is 13.6. The first kappa shape index (κ1) is 28.0. The molecule has 1 aromatic heterocycles. The number of fused-ring (bicyclic) bond motifs is 1. The largest absolute Gasteiger partial charge is 0.379 e. The van der Waals surface area contributed by atoms with Crippen LogP contribution in [-0.2, 0) is 27.7 Å². The van der Waals surface area contributed by atoms with Gasteiger partial charge in [-0.3, -0.25) is 9.59 Å². The van der Waals surface area contributed by atoms with Gasteiger partial charge in [0.15, 0.2) is 0 Å². The Labute approximate surface area is 238 Å². The number of amides is 1. The molecule has 1 aliphatic heterocycles. The minimum Gasteiger partial charge on any atom is -0.379 e. The van der Waals surface area contributed by atoms with Crippen LogP contribution in [0.25, 0.3) is 10.9 Å². The van der Waals surface area contributed by atoms with E-state index in [4.69, 9.17) is 16.3 Å². The number of hydrogen-bond donors (Lipinski definition) is 1. The Kier molecular flexibility index (Phi) is 8.37. The third-order valence-corrected chi connectivity index (χ3v) is 9.29. The first-order valence-corrected chi connectivity index (χ1v) is 14.9. The van der Waals surface area contributed by atoms with Crippen LogP contribution in [0.5, 0.6) is 0 Å². The number of halogens is 1. The van der Waals surface area contributed by atoms with Crippen molar-refractivity contribution in [2.45, 2.75) is 24.8 Å². The van der Waals surface area contributed by atoms with Crippen molar-refractivity contribution in [2.24, 2.45) is 0 Å². The molecule has 3 aromatic carbocycles. The fourth-order valence-corrected chi connectivity index (χ4v) is 6.38. The predicted molar refractivity (Wildman–Crippen MR) is 156 cm³/mol. The number of aromatic nitrogens is 1. The van der Waals surface area contributed by atoms with Gasteiger partial charge in [0.1, 0.15) is 5.56 Å². The van der Waals surface area contributed by atoms with Gasteiger partial charge in [0.2, 0.25) is 15.5 Å². The van der Waals surface area contributed by atoms with E-state index in [0.717, 1.165) is 16.7 Å². The van der Waals surface area contributed by atoms with Gasteiger partial charge in [-0.15, -0.1) is 0 Å². The van der Waals surface area contributed by atoms with Crippen molar-refractivity contribution in [3.8, 4) is 0 Å². The van der Waals surface area contributed by atoms with Crippen LogP contribution in [0.1, 0.15) is 27.0 Å². The molecule has 208 valence electrons. The van der Waals surface area contributed by atoms with Gasteiger partial charge in [0.05, 0.1) is 23.6 Å². The summed E-state index contributed by atoms with van der Waals surface area (Å²) >= 11 is 6.42. The Morgan fingerprint density at radius 1 is 1.02 bits per heavy atom. The normalized spacial score (nSPS) is 14.3. The van der Waals surface area contributed by atoms with Gasteiger partial charge in [-0.25, -0.2) is 8.42 Å². The molecule has 0 atom stereocenters. The lowest BCUT2D eigenvalue weighted by Crippen LogP contribution is -2.40. The number of rotatable bonds is 8. The minimum atomic E-state index is -3.85. The van der Waals surface area contributed by atoms with Gasteiger partial charge in [0, 0.05) is 42.8 Å². The number of nitrogens with one attached hydrogen (secondary N) is 1. The summed E-state index contributed by atoms with van der Waals surface area (Å²) in [6, 6.07) is 19.8. The Balaban J connectivity index is 1.53. The molecule has 1 saturated heterocycles. The minimum absolute atomic E-state index is 0.000206. The SMILES string of the molecule is Cc1ccc(CCNC(=O)c2cn(Cc3ccccc3Cl)c3ccc(S(=O)(=O)N4CCOCC4)cc3c2=O)cc1. The van der Waals surface area contributed by atoms with Gasteiger partial charge in [-0.1, -0.05) is 59.6 Å². The predicted octanol–water partition coefficient (Wildman–Crippen LogP) is 4.01. The standard InChI is InChI=1S/C30H30ClN3O5S/c1-21-6-8-22(9-7-21)12-13-32-30(36)26-20-33(19-23-4-2-3-5-27(23)31)28-11-10-24(18-25(28)29(26)35)40(37,38)34-14-16-39-17-15-34/h2-11,18,20H,12-17,19H2,1H3,(H,32,36). The lowest BCUT2D eigenvalue weighted by atomic mass is 10.1. The summed E-state index contributed by atoms with van der Waals surface area (Å²) in [5, 5.41) is 3.54. The molecule has 0 spiro atoms. The van der Waals surface area contributed by atoms with Gasteiger partial charge >= 0.3 is 0 Å². The van der Waals surface area contributed by atoms with E-state index in [9.17, 15) is 18.0 Å². The molecule has 0 saturated carbocycles. The van der Waals surface area contributed by atoms with Gasteiger partial charge in [0.25, 0.3) is 5.91 Å². The first-order chi connectivity index (χ1) is 19.2. The van der Waals surface area contributed by atoms with E-state index in [1.165, 1.54) is 22.6 Å². The van der Waals surface area contributed by atoms with Crippen LogP contribution < -0.4 is 10.7 Å². The van der Waals surface area contributed by atoms with E-state index in [-0.39, 0.29) is 35.5 Å². The zero-order valence-electron chi connectivity index (χ0n) is 22.1. The highest BCUT2D eigenvalue weighted by molar-refractivity contribution is 7.89. The van der Waals surface area contributed by atoms with Crippen molar-refractivity contribution in [1.82, 2.24) is 14.2 Å². The Hall–Kier alpha value is -3.50. The molecule has 1 amide bonds. The first-order valence-electron chi connectivity index (χ1n) is 13.1. The highest BCUT2D eigenvalue weighted by Crippen LogP contribution is 2.24. The summed E-state index contributed by atoms with van der Waals surface area (Å²) in [7, 11) is -3.85. The number of sulfonamides is 1. The van der Waals surface area contributed by atoms with E-state index in [0.29, 0.717) is 36.7 Å². The molecular weight excluding hydrogens is 550 g/mol. The van der Waals surface area contributed by atoms with Crippen LogP contribution in [0, 0.1) is 6.92 Å². The lowest BCUT2D eigenvalue weighted by molar-refractivity contribution is 0.0730. The van der Waals surface area contributed by atoms with Crippen LogP contribution in [0.3, 0.4) is 0 Å². The number of carbonyl (C=O) groups excluding carboxylic acids is 1. The molecule has 8 nitrogen and oxygen atoms in total. The molecule has 1 N–H and O–H groups in total. The second kappa shape index (κ2) is 11.9. The third kappa shape index (κ3) is 5.97. The van der Waals surface area contributed by atoms with Crippen LogP contribution in [0.2, 0.25) is 5.02 Å². The average molecular weight is 580 g/mol. The summed E-state index contributed by atoms with van der Waals surface area (Å²) in [6.07, 6.45) is 2.13. The van der Waals surface area contributed by atoms with E-state index >= 15 is 0 Å². The number of pyridine rings is 1. The zero-order chi connectivity index (χ0) is 28.3. The van der Waals surface area contributed by atoms with E-state index in [1.807, 2.05) is 49.4 Å². The highest BCUT2D eigenvalue weighted by Gasteiger charge is 2.27. The maximum Gasteiger partial charge on any atom is 0.256 e. The molecule has 0 unspecified atom stereocenters. The molecular formula is C30H30ClN3O5S. The number of aryl methyl sites for hydroxylation is 1. The molecule has 1 fully saturated rings. The average Bonchev–Trinajstić information content (AvgIpc) is 2.97. The second-order valence-electron chi connectivity index (χ2n) is 9.78. The molecule has 0 aliphatic carbocycles. The number of hydrogen-bond acceptors (Lipinski definition) is 5. The van der Waals surface area contributed by atoms with Crippen LogP contribution in [-0.4, -0.2) is 56.0 Å². The highest BCUT2D eigenvalue weighted by atomic mass is 35.5. The fourth-order valence-electron chi connectivity index (χ4n) is 4.75. The Bertz CT molecular complexity index is 1710. The van der Waals surface area contributed by atoms with Crippen molar-refractivity contribution in [3.63, 3.8) is 0 Å². The second-order valence-corrected chi connectivity index (χ2v) is 12.1. The summed E-state index contributed by atoms with van der Waals surface area (Å²) in [6.45, 7) is 3.73. The van der Waals surface area contributed by atoms with Crippen LogP contribution >= 0.6 is 11.6 Å². The number of benzene rings is 3. The molecule has 5 rings (SSSR count). The van der Waals surface area contributed by atoms with Gasteiger partial charge in [-0.2, -0.15) is 4.31 Å². The smallest absolute Gasteiger partial charge is 0.256 e. The topological polar surface area (TPSA) is 97.7 Å². The number of carbonyl (C=O) groups is 1. The Morgan fingerprint density at radius 2 is 1.75 bits per heavy atom. The summed E-state index contributed by atoms with van der Waals surface area (Å²) in [5.41, 5.74) is 2.92. The van der Waals surface area contributed by atoms with Crippen LogP contribution in [0.4, 0.5) is 0 Å². The molecule has 4 aromatic rings. The molecule has 0 radical (unpaired) electrons. The number of ether oxygens (including phenoxy) is 1. The van der Waals surface area contributed by atoms with E-state index in [2.05, 4.69) is 5.32 Å². The number of morpholine rings is 1. The third-order valence-electron chi connectivity index (χ3n) is 7.02. The van der Waals surface area contributed by atoms with Gasteiger partial charge in [-0.05, 0) is 48.7 Å². The quantitative estimate of drug-likeness (QED) is 0.340. The molecule has 2 heterocycles. The van der Waals surface area contributed by atoms with E-state index in [1.54, 1.807) is 16.7 Å². The lowest BCUT2D eigenvalue weighted by Gasteiger charge is -2.26. The summed E-state index contributed by atoms with van der Waals surface area (Å²) in [4.78, 5) is 26.9. The molecule has 1 aliphatic rings. The molecule has 10 heteroatoms. The Morgan fingerprint density at radius 3 is 2.48 bits per heavy atom. The number of nitrogens with zero attached hydrogens (tertiary/aromatic N) is 2. The maximum atomic E-state index is 13.6. The van der Waals surface area contributed by atoms with Crippen molar-refractivity contribution < 1.29 is 17.9 Å². The van der Waals surface area contributed by atoms with Crippen LogP contribution in [0.15, 0.2) is 82.6 Å². The summed E-state index contributed by atoms with van der Waals surface area (Å²) in [5.74, 6) is -0.520. The van der Waals surface area contributed by atoms with E-state index < -0.39 is 21.4 Å². The molecule has 0 bridgehead atoms. The summed E-state index contributed by atoms with van der Waals surface area (Å²) < 4.78 is 35.1. The molecule has 40 heavy (non-hydrogen) atoms. The van der Waals surface area contributed by atoms with Crippen molar-refractivity contribution in [3.05, 3.63) is 110 Å². The zero-order valence-corrected chi connectivity index (χ0v) is 23.7. The van der Waals surface area contributed by atoms with Crippen molar-refractivity contribution in [1.29, 1.82) is 0 Å². The fraction of sp³-hybridized carbons (Fsp3) is 0.267.